The Bertz CT molecular complexity index is 1560. The molecule has 7 nitrogen and oxygen atoms in total. The van der Waals surface area contributed by atoms with Crippen molar-refractivity contribution in [2.75, 3.05) is 20.3 Å². The van der Waals surface area contributed by atoms with Gasteiger partial charge in [-0.3, -0.25) is 4.98 Å². The summed E-state index contributed by atoms with van der Waals surface area (Å²) in [5, 5.41) is 13.1. The first kappa shape index (κ1) is 27.1. The number of fused-ring (bicyclic) bond motifs is 3. The van der Waals surface area contributed by atoms with Crippen LogP contribution in [0, 0.1) is 17.6 Å². The molecule has 4 aromatic rings. The quantitative estimate of drug-likeness (QED) is 0.233. The Morgan fingerprint density at radius 2 is 1.85 bits per heavy atom. The number of hydrogen-bond acceptors (Lipinski definition) is 6. The van der Waals surface area contributed by atoms with E-state index >= 15 is 4.39 Å². The van der Waals surface area contributed by atoms with E-state index < -0.39 is 23.3 Å². The number of aromatic nitrogens is 2. The van der Waals surface area contributed by atoms with Crippen LogP contribution < -0.4 is 11.6 Å². The van der Waals surface area contributed by atoms with Gasteiger partial charge in [0.1, 0.15) is 11.6 Å². The van der Waals surface area contributed by atoms with Crippen LogP contribution in [0.3, 0.4) is 0 Å². The molecule has 1 aliphatic rings. The van der Waals surface area contributed by atoms with Gasteiger partial charge in [0.15, 0.2) is 0 Å². The van der Waals surface area contributed by atoms with Gasteiger partial charge >= 0.3 is 0 Å². The number of halogens is 2. The number of nitrogens with zero attached hydrogens (tertiary/aromatic N) is 3. The second-order valence-electron chi connectivity index (χ2n) is 11.0. The van der Waals surface area contributed by atoms with Crippen LogP contribution in [0.1, 0.15) is 56.3 Å². The van der Waals surface area contributed by atoms with Crippen LogP contribution in [0.5, 0.6) is 0 Å². The summed E-state index contributed by atoms with van der Waals surface area (Å²) in [5.41, 5.74) is 10.1. The van der Waals surface area contributed by atoms with Gasteiger partial charge in [0.2, 0.25) is 0 Å². The minimum atomic E-state index is -1.11. The Hall–Kier alpha value is -3.53. The monoisotopic (exact) mass is 535 g/mol. The number of allylic oxidation sites excluding steroid dienone is 1. The Balaban J connectivity index is 1.91. The predicted molar refractivity (Wildman–Crippen MR) is 149 cm³/mol. The summed E-state index contributed by atoms with van der Waals surface area (Å²) in [7, 11) is 1.70. The maximum absolute atomic E-state index is 15.5. The zero-order valence-corrected chi connectivity index (χ0v) is 22.7. The molecule has 2 aromatic carbocycles. The van der Waals surface area contributed by atoms with E-state index in [-0.39, 0.29) is 11.5 Å². The highest BCUT2D eigenvalue weighted by Gasteiger charge is 2.33. The zero-order chi connectivity index (χ0) is 28.1. The highest BCUT2D eigenvalue weighted by Crippen LogP contribution is 2.42. The van der Waals surface area contributed by atoms with E-state index in [9.17, 15) is 9.50 Å². The first-order valence-electron chi connectivity index (χ1n) is 13.1. The first-order chi connectivity index (χ1) is 18.5. The fraction of sp³-hybridized carbons (Fsp3) is 0.367. The second kappa shape index (κ2) is 10.2. The van der Waals surface area contributed by atoms with E-state index in [1.54, 1.807) is 34.0 Å². The molecule has 1 unspecified atom stereocenters. The Labute approximate surface area is 226 Å². The molecule has 1 saturated heterocycles. The third-order valence-corrected chi connectivity index (χ3v) is 7.61. The van der Waals surface area contributed by atoms with Crippen molar-refractivity contribution in [2.45, 2.75) is 45.3 Å². The summed E-state index contributed by atoms with van der Waals surface area (Å²) in [6, 6.07) is 10.7. The number of pyridine rings is 1. The molecule has 0 spiro atoms. The van der Waals surface area contributed by atoms with E-state index in [0.29, 0.717) is 54.1 Å². The van der Waals surface area contributed by atoms with Crippen LogP contribution in [-0.4, -0.2) is 39.9 Å². The molecule has 39 heavy (non-hydrogen) atoms. The van der Waals surface area contributed by atoms with Gasteiger partial charge in [0.25, 0.3) is 0 Å². The van der Waals surface area contributed by atoms with Crippen molar-refractivity contribution in [3.05, 3.63) is 82.7 Å². The second-order valence-corrected chi connectivity index (χ2v) is 11.0. The summed E-state index contributed by atoms with van der Waals surface area (Å²) in [6.45, 7) is 6.27. The van der Waals surface area contributed by atoms with Crippen molar-refractivity contribution in [2.24, 2.45) is 17.5 Å². The van der Waals surface area contributed by atoms with Gasteiger partial charge in [-0.2, -0.15) is 0 Å². The van der Waals surface area contributed by atoms with Gasteiger partial charge in [-0.1, -0.05) is 12.1 Å². The van der Waals surface area contributed by atoms with Gasteiger partial charge < -0.3 is 25.2 Å². The average molecular weight is 536 g/mol. The predicted octanol–water partition coefficient (Wildman–Crippen LogP) is 5.16. The summed E-state index contributed by atoms with van der Waals surface area (Å²) < 4.78 is 37.9. The number of aliphatic hydroxyl groups is 1. The first-order valence-corrected chi connectivity index (χ1v) is 13.1. The highest BCUT2D eigenvalue weighted by atomic mass is 19.1. The molecule has 9 heteroatoms. The minimum Gasteiger partial charge on any atom is -0.401 e. The van der Waals surface area contributed by atoms with Crippen molar-refractivity contribution in [3.63, 3.8) is 0 Å². The number of rotatable bonds is 6. The largest absolute Gasteiger partial charge is 0.401 e. The van der Waals surface area contributed by atoms with E-state index in [1.165, 1.54) is 17.1 Å². The number of hydrazine groups is 1. The number of benzene rings is 2. The van der Waals surface area contributed by atoms with Crippen LogP contribution in [0.25, 0.3) is 27.6 Å². The normalized spacial score (nSPS) is 16.5. The third kappa shape index (κ3) is 4.97. The molecule has 0 radical (unpaired) electrons. The molecular formula is C30H35F2N5O2. The molecule has 0 saturated carbocycles. The molecule has 5 N–H and O–H groups in total. The Morgan fingerprint density at radius 1 is 1.13 bits per heavy atom. The van der Waals surface area contributed by atoms with Crippen LogP contribution >= 0.6 is 0 Å². The lowest BCUT2D eigenvalue weighted by molar-refractivity contribution is 0.0548. The molecule has 1 aliphatic heterocycles. The van der Waals surface area contributed by atoms with Crippen molar-refractivity contribution in [1.29, 1.82) is 0 Å². The molecule has 0 amide bonds. The van der Waals surface area contributed by atoms with Crippen molar-refractivity contribution in [3.8, 4) is 0 Å². The molecule has 1 atom stereocenters. The smallest absolute Gasteiger partial charge is 0.128 e. The molecule has 3 heterocycles. The SMILES string of the molecule is C/C(N)=C(\c1cnc2c3ccc(C(C)(C)O)cc3n(C(c3cc(F)ccc3F)C3CCOCC3)c2c1)N(C)N. The van der Waals surface area contributed by atoms with Crippen LogP contribution in [-0.2, 0) is 10.3 Å². The van der Waals surface area contributed by atoms with E-state index in [1.807, 2.05) is 28.8 Å². The van der Waals surface area contributed by atoms with Gasteiger partial charge in [-0.15, -0.1) is 0 Å². The summed E-state index contributed by atoms with van der Waals surface area (Å²) >= 11 is 0. The van der Waals surface area contributed by atoms with Gasteiger partial charge in [-0.05, 0) is 75.4 Å². The van der Waals surface area contributed by atoms with Crippen molar-refractivity contribution in [1.82, 2.24) is 14.6 Å². The number of ether oxygens (including phenoxy) is 1. The van der Waals surface area contributed by atoms with Gasteiger partial charge in [0, 0.05) is 48.7 Å². The maximum atomic E-state index is 15.5. The number of hydrogen-bond donors (Lipinski definition) is 3. The summed E-state index contributed by atoms with van der Waals surface area (Å²) in [4.78, 5) is 4.82. The summed E-state index contributed by atoms with van der Waals surface area (Å²) in [6.07, 6.45) is 3.08. The Morgan fingerprint density at radius 3 is 2.49 bits per heavy atom. The van der Waals surface area contributed by atoms with E-state index in [0.717, 1.165) is 22.5 Å². The minimum absolute atomic E-state index is 0.0354. The maximum Gasteiger partial charge on any atom is 0.128 e. The molecule has 206 valence electrons. The van der Waals surface area contributed by atoms with Crippen LogP contribution in [0.15, 0.2) is 54.4 Å². The standard InChI is InChI=1S/C30H35F2N5O2/c1-17(33)28(36(4)34)19-13-26-27(35-16-19)22-7-5-20(30(2,3)38)14-25(22)37(26)29(18-9-11-39-12-10-18)23-15-21(31)6-8-24(23)32/h5-8,13-16,18,29,38H,9-12,33-34H2,1-4H3/b28-17-. The molecular weight excluding hydrogens is 500 g/mol. The Kier molecular flexibility index (Phi) is 7.09. The zero-order valence-electron chi connectivity index (χ0n) is 22.7. The lowest BCUT2D eigenvalue weighted by atomic mass is 9.86. The highest BCUT2D eigenvalue weighted by molar-refractivity contribution is 6.06. The topological polar surface area (TPSA) is 103 Å². The van der Waals surface area contributed by atoms with Crippen LogP contribution in [0.4, 0.5) is 8.78 Å². The molecule has 5 rings (SSSR count). The summed E-state index contributed by atoms with van der Waals surface area (Å²) in [5.74, 6) is 5.10. The van der Waals surface area contributed by atoms with Crippen molar-refractivity contribution >= 4 is 27.6 Å². The molecule has 1 fully saturated rings. The van der Waals surface area contributed by atoms with Crippen molar-refractivity contribution < 1.29 is 18.6 Å². The third-order valence-electron chi connectivity index (χ3n) is 7.61. The molecule has 2 aromatic heterocycles. The average Bonchev–Trinajstić information content (AvgIpc) is 3.19. The fourth-order valence-corrected chi connectivity index (χ4v) is 5.80. The number of nitrogens with two attached hydrogens (primary N) is 2. The molecule has 0 aliphatic carbocycles. The lowest BCUT2D eigenvalue weighted by Gasteiger charge is -2.33. The van der Waals surface area contributed by atoms with Crippen LogP contribution in [0.2, 0.25) is 0 Å². The van der Waals surface area contributed by atoms with Gasteiger partial charge in [-0.25, -0.2) is 14.6 Å². The van der Waals surface area contributed by atoms with Gasteiger partial charge in [0.05, 0.1) is 33.9 Å². The fourth-order valence-electron chi connectivity index (χ4n) is 5.80. The lowest BCUT2D eigenvalue weighted by Crippen LogP contribution is -2.28. The molecule has 0 bridgehead atoms. The van der Waals surface area contributed by atoms with E-state index in [2.05, 4.69) is 0 Å². The van der Waals surface area contributed by atoms with E-state index in [4.69, 9.17) is 21.3 Å².